The van der Waals surface area contributed by atoms with Crippen LogP contribution in [0.3, 0.4) is 0 Å². The van der Waals surface area contributed by atoms with E-state index in [2.05, 4.69) is 24.8 Å². The van der Waals surface area contributed by atoms with Crippen LogP contribution in [0, 0.1) is 0 Å². The molecule has 2 N–H and O–H groups in total. The molecular weight excluding hydrogens is 569 g/mol. The summed E-state index contributed by atoms with van der Waals surface area (Å²) in [6.07, 6.45) is -2.60. The van der Waals surface area contributed by atoms with Gasteiger partial charge < -0.3 is 34.1 Å². The molecule has 3 aliphatic heterocycles. The van der Waals surface area contributed by atoms with E-state index in [0.717, 1.165) is 0 Å². The van der Waals surface area contributed by atoms with Gasteiger partial charge in [-0.15, -0.1) is 0 Å². The summed E-state index contributed by atoms with van der Waals surface area (Å²) in [5.41, 5.74) is 0.469. The lowest BCUT2D eigenvalue weighted by molar-refractivity contribution is -0.228. The maximum atomic E-state index is 13.7. The first kappa shape index (κ1) is 27.5. The quantitative estimate of drug-likeness (QED) is 0.437. The van der Waals surface area contributed by atoms with Crippen LogP contribution < -0.4 is 14.5 Å². The van der Waals surface area contributed by atoms with Gasteiger partial charge in [0.2, 0.25) is 11.7 Å². The molecule has 1 spiro atoms. The Balaban J connectivity index is 1.30. The Morgan fingerprint density at radius 2 is 2.07 bits per heavy atom. The number of hydrogen-bond acceptors (Lipinski definition) is 9. The molecule has 3 fully saturated rings. The van der Waals surface area contributed by atoms with Crippen LogP contribution in [0.1, 0.15) is 19.2 Å². The first-order valence-electron chi connectivity index (χ1n) is 12.9. The van der Waals surface area contributed by atoms with Gasteiger partial charge in [0.05, 0.1) is 48.8 Å². The molecule has 3 aliphatic rings. The third kappa shape index (κ3) is 5.15. The lowest BCUT2D eigenvalue weighted by Gasteiger charge is -2.53. The number of hydrogen-bond donors (Lipinski definition) is 2. The number of morpholine rings is 1. The number of carboxylic acids is 1. The molecule has 0 aromatic carbocycles. The highest BCUT2D eigenvalue weighted by atomic mass is 35.5. The van der Waals surface area contributed by atoms with Crippen LogP contribution in [0.5, 0.6) is 5.88 Å². The number of anilines is 2. The number of ether oxygens (including phenoxy) is 3. The minimum absolute atomic E-state index is 0.0152. The van der Waals surface area contributed by atoms with E-state index in [4.69, 9.17) is 25.8 Å². The van der Waals surface area contributed by atoms with Crippen LogP contribution in [0.15, 0.2) is 36.7 Å². The topological polar surface area (TPSA) is 126 Å². The monoisotopic (exact) mass is 594 g/mol. The predicted molar refractivity (Wildman–Crippen MR) is 140 cm³/mol. The lowest BCUT2D eigenvalue weighted by Crippen LogP contribution is -2.68. The minimum atomic E-state index is -4.84. The van der Waals surface area contributed by atoms with Crippen molar-refractivity contribution in [2.75, 3.05) is 42.7 Å². The van der Waals surface area contributed by atoms with Crippen LogP contribution >= 0.6 is 11.6 Å². The zero-order valence-electron chi connectivity index (χ0n) is 21.8. The van der Waals surface area contributed by atoms with Crippen LogP contribution in [0.4, 0.5) is 24.7 Å². The maximum absolute atomic E-state index is 13.7. The normalized spacial score (nSPS) is 24.0. The van der Waals surface area contributed by atoms with Crippen molar-refractivity contribution in [3.8, 4) is 17.3 Å². The zero-order chi connectivity index (χ0) is 28.9. The summed E-state index contributed by atoms with van der Waals surface area (Å²) < 4.78 is 58.9. The van der Waals surface area contributed by atoms with Crippen LogP contribution in [-0.2, 0) is 20.4 Å². The van der Waals surface area contributed by atoms with Gasteiger partial charge in [0.15, 0.2) is 0 Å². The molecule has 0 aliphatic carbocycles. The Morgan fingerprint density at radius 3 is 2.73 bits per heavy atom. The highest BCUT2D eigenvalue weighted by Gasteiger charge is 2.50. The summed E-state index contributed by atoms with van der Waals surface area (Å²) in [4.78, 5) is 30.2. The number of H-pyrrole nitrogens is 1. The van der Waals surface area contributed by atoms with Crippen molar-refractivity contribution >= 4 is 29.1 Å². The number of nitrogens with zero attached hydrogens (tertiary/aromatic N) is 5. The molecule has 0 unspecified atom stereocenters. The van der Waals surface area contributed by atoms with E-state index in [0.29, 0.717) is 42.8 Å². The number of nitrogens with one attached hydrogen (secondary N) is 1. The van der Waals surface area contributed by atoms with Crippen LogP contribution in [0.2, 0.25) is 5.02 Å². The highest BCUT2D eigenvalue weighted by molar-refractivity contribution is 6.30. The molecule has 11 nitrogen and oxygen atoms in total. The SMILES string of the molecule is C[C@@H]1N(c2cc(Cl)cnc2O[C@H]2C[C@@H](C(=O)O)N(c3cc(-c4ccc[nH]4)nc(C(F)(F)F)n3)C2)CCOC12COC2. The number of aliphatic carboxylic acids is 1. The number of alkyl halides is 3. The van der Waals surface area contributed by atoms with E-state index in [1.54, 1.807) is 24.4 Å². The smallest absolute Gasteiger partial charge is 0.451 e. The van der Waals surface area contributed by atoms with Gasteiger partial charge in [-0.1, -0.05) is 11.6 Å². The van der Waals surface area contributed by atoms with Crippen LogP contribution in [-0.4, -0.2) is 87.7 Å². The molecule has 41 heavy (non-hydrogen) atoms. The first-order valence-corrected chi connectivity index (χ1v) is 13.3. The first-order chi connectivity index (χ1) is 19.5. The second-order valence-corrected chi connectivity index (χ2v) is 10.7. The number of pyridine rings is 1. The molecule has 0 amide bonds. The van der Waals surface area contributed by atoms with Gasteiger partial charge in [-0.05, 0) is 25.1 Å². The Labute approximate surface area is 237 Å². The number of aromatic nitrogens is 4. The molecule has 0 bridgehead atoms. The largest absolute Gasteiger partial charge is 0.480 e. The predicted octanol–water partition coefficient (Wildman–Crippen LogP) is 3.64. The highest BCUT2D eigenvalue weighted by Crippen LogP contribution is 2.40. The fourth-order valence-corrected chi connectivity index (χ4v) is 5.63. The molecule has 15 heteroatoms. The minimum Gasteiger partial charge on any atom is -0.480 e. The van der Waals surface area contributed by atoms with E-state index < -0.39 is 35.7 Å². The van der Waals surface area contributed by atoms with E-state index in [1.807, 2.05) is 6.92 Å². The average molecular weight is 595 g/mol. The molecule has 0 radical (unpaired) electrons. The lowest BCUT2D eigenvalue weighted by atomic mass is 9.90. The van der Waals surface area contributed by atoms with E-state index in [9.17, 15) is 23.1 Å². The summed E-state index contributed by atoms with van der Waals surface area (Å²) in [7, 11) is 0. The standard InChI is InChI=1S/C26H26ClF3N6O5/c1-14-25(12-39-13-25)40-6-5-35(14)19-7-15(27)10-32-22(19)41-16-8-20(23(37)38)36(11-16)21-9-18(17-3-2-4-31-17)33-24(34-21)26(28,29)30/h2-4,7,9-10,14,16,20,31H,5-6,8,11-13H2,1H3,(H,37,38)/t14-,16-,20-/m0/s1. The zero-order valence-corrected chi connectivity index (χ0v) is 22.5. The van der Waals surface area contributed by atoms with Gasteiger partial charge in [-0.25, -0.2) is 19.7 Å². The van der Waals surface area contributed by atoms with Crippen molar-refractivity contribution in [3.05, 3.63) is 47.5 Å². The Morgan fingerprint density at radius 1 is 1.27 bits per heavy atom. The number of aromatic amines is 1. The van der Waals surface area contributed by atoms with E-state index >= 15 is 0 Å². The second-order valence-electron chi connectivity index (χ2n) is 10.3. The number of carboxylic acid groups (broad SMARTS) is 1. The summed E-state index contributed by atoms with van der Waals surface area (Å²) in [5.74, 6) is -2.53. The van der Waals surface area contributed by atoms with Gasteiger partial charge in [0.1, 0.15) is 29.3 Å². The van der Waals surface area contributed by atoms with E-state index in [-0.39, 0.29) is 36.4 Å². The van der Waals surface area contributed by atoms with Crippen molar-refractivity contribution in [2.24, 2.45) is 0 Å². The summed E-state index contributed by atoms with van der Waals surface area (Å²) >= 11 is 6.30. The number of rotatable bonds is 6. The Kier molecular flexibility index (Phi) is 6.94. The van der Waals surface area contributed by atoms with Crippen molar-refractivity contribution in [2.45, 2.75) is 43.3 Å². The van der Waals surface area contributed by atoms with Gasteiger partial charge in [0.25, 0.3) is 0 Å². The van der Waals surface area contributed by atoms with Crippen molar-refractivity contribution in [1.82, 2.24) is 19.9 Å². The number of halogens is 4. The van der Waals surface area contributed by atoms with Gasteiger partial charge in [-0.2, -0.15) is 13.2 Å². The van der Waals surface area contributed by atoms with Crippen molar-refractivity contribution < 1.29 is 37.3 Å². The fraction of sp³-hybridized carbons (Fsp3) is 0.462. The summed E-state index contributed by atoms with van der Waals surface area (Å²) in [5, 5.41) is 10.4. The van der Waals surface area contributed by atoms with Gasteiger partial charge in [0, 0.05) is 31.4 Å². The summed E-state index contributed by atoms with van der Waals surface area (Å²) in [6.45, 7) is 3.87. The third-order valence-corrected chi connectivity index (χ3v) is 7.92. The van der Waals surface area contributed by atoms with Crippen molar-refractivity contribution in [1.29, 1.82) is 0 Å². The fourth-order valence-electron chi connectivity index (χ4n) is 5.48. The molecule has 3 aromatic rings. The van der Waals surface area contributed by atoms with E-state index in [1.165, 1.54) is 17.2 Å². The van der Waals surface area contributed by atoms with Gasteiger partial charge >= 0.3 is 12.1 Å². The van der Waals surface area contributed by atoms with Crippen molar-refractivity contribution in [3.63, 3.8) is 0 Å². The Bertz CT molecular complexity index is 1440. The van der Waals surface area contributed by atoms with Crippen LogP contribution in [0.25, 0.3) is 11.4 Å². The molecular formula is C26H26ClF3N6O5. The molecule has 0 saturated carbocycles. The molecule has 218 valence electrons. The molecule has 3 saturated heterocycles. The number of carbonyl (C=O) groups is 1. The summed E-state index contributed by atoms with van der Waals surface area (Å²) in [6, 6.07) is 4.96. The maximum Gasteiger partial charge on any atom is 0.451 e. The van der Waals surface area contributed by atoms with Gasteiger partial charge in [-0.3, -0.25) is 0 Å². The third-order valence-electron chi connectivity index (χ3n) is 7.71. The Hall–Kier alpha value is -3.62. The second kappa shape index (κ2) is 10.3. The molecule has 6 rings (SSSR count). The molecule has 6 heterocycles. The molecule has 3 atom stereocenters. The molecule has 3 aromatic heterocycles. The average Bonchev–Trinajstić information content (AvgIpc) is 3.59.